The number of fused-ring (bicyclic) bond motifs is 1. The third kappa shape index (κ3) is 5.71. The molecule has 5 rings (SSSR count). The lowest BCUT2D eigenvalue weighted by Crippen LogP contribution is -2.67. The summed E-state index contributed by atoms with van der Waals surface area (Å²) in [5.41, 5.74) is 3.39. The second kappa shape index (κ2) is 11.0. The van der Waals surface area contributed by atoms with Crippen LogP contribution in [0.1, 0.15) is 69.3 Å². The number of rotatable bonds is 7. The van der Waals surface area contributed by atoms with Crippen molar-refractivity contribution in [1.29, 1.82) is 0 Å². The molecule has 2 N–H and O–H groups in total. The summed E-state index contributed by atoms with van der Waals surface area (Å²) in [6.45, 7) is 10.3. The predicted octanol–water partition coefficient (Wildman–Crippen LogP) is 3.63. The summed E-state index contributed by atoms with van der Waals surface area (Å²) < 4.78 is 0. The van der Waals surface area contributed by atoms with Gasteiger partial charge in [-0.15, -0.1) is 0 Å². The monoisotopic (exact) mass is 541 g/mol. The Bertz CT molecular complexity index is 1330. The average molecular weight is 542 g/mol. The molecular weight excluding hydrogens is 502 g/mol. The van der Waals surface area contributed by atoms with Crippen LogP contribution in [-0.4, -0.2) is 58.8 Å². The zero-order valence-corrected chi connectivity index (χ0v) is 24.0. The van der Waals surface area contributed by atoms with Crippen LogP contribution in [0.15, 0.2) is 58.5 Å². The van der Waals surface area contributed by atoms with Gasteiger partial charge in [-0.1, -0.05) is 62.4 Å². The van der Waals surface area contributed by atoms with E-state index in [2.05, 4.69) is 32.8 Å². The maximum absolute atomic E-state index is 14.5. The van der Waals surface area contributed by atoms with Gasteiger partial charge in [0.2, 0.25) is 17.7 Å². The molecule has 40 heavy (non-hydrogen) atoms. The van der Waals surface area contributed by atoms with Gasteiger partial charge in [0.1, 0.15) is 18.1 Å². The van der Waals surface area contributed by atoms with E-state index in [0.717, 1.165) is 5.56 Å². The van der Waals surface area contributed by atoms with Crippen LogP contribution in [-0.2, 0) is 27.2 Å². The number of carbonyl (C=O) groups is 3. The fourth-order valence-electron chi connectivity index (χ4n) is 6.03. The van der Waals surface area contributed by atoms with Crippen LogP contribution in [0.25, 0.3) is 0 Å². The molecule has 0 bridgehead atoms. The lowest BCUT2D eigenvalue weighted by atomic mass is 9.87. The molecule has 3 unspecified atom stereocenters. The van der Waals surface area contributed by atoms with Crippen molar-refractivity contribution in [2.45, 2.75) is 77.5 Å². The van der Waals surface area contributed by atoms with Crippen LogP contribution in [0.3, 0.4) is 0 Å². The van der Waals surface area contributed by atoms with Crippen molar-refractivity contribution in [1.82, 2.24) is 15.5 Å². The van der Waals surface area contributed by atoms with Gasteiger partial charge >= 0.3 is 0 Å². The van der Waals surface area contributed by atoms with Crippen molar-refractivity contribution in [3.8, 4) is 0 Å². The van der Waals surface area contributed by atoms with E-state index in [1.807, 2.05) is 71.0 Å². The molecule has 3 amide bonds. The van der Waals surface area contributed by atoms with Gasteiger partial charge < -0.3 is 15.5 Å². The van der Waals surface area contributed by atoms with E-state index in [1.54, 1.807) is 11.1 Å². The lowest BCUT2D eigenvalue weighted by Gasteiger charge is -2.45. The van der Waals surface area contributed by atoms with Gasteiger partial charge in [0.15, 0.2) is 5.84 Å². The highest BCUT2D eigenvalue weighted by atomic mass is 16.2. The predicted molar refractivity (Wildman–Crippen MR) is 156 cm³/mol. The summed E-state index contributed by atoms with van der Waals surface area (Å²) >= 11 is 0. The number of carbonyl (C=O) groups excluding carboxylic acids is 3. The van der Waals surface area contributed by atoms with Crippen LogP contribution >= 0.6 is 0 Å². The van der Waals surface area contributed by atoms with E-state index in [1.165, 1.54) is 11.1 Å². The van der Waals surface area contributed by atoms with Crippen molar-refractivity contribution in [3.05, 3.63) is 70.8 Å². The molecule has 0 spiro atoms. The number of nitrogens with zero attached hydrogens (tertiary/aromatic N) is 3. The van der Waals surface area contributed by atoms with E-state index >= 15 is 0 Å². The summed E-state index contributed by atoms with van der Waals surface area (Å²) in [4.78, 5) is 52.5. The average Bonchev–Trinajstić information content (AvgIpc) is 3.57. The molecule has 1 saturated heterocycles. The molecule has 8 heteroatoms. The molecule has 0 radical (unpaired) electrons. The number of benzene rings is 2. The molecule has 0 saturated carbocycles. The largest absolute Gasteiger partial charge is 0.349 e. The van der Waals surface area contributed by atoms with Crippen molar-refractivity contribution in [2.24, 2.45) is 21.8 Å². The molecule has 2 aromatic rings. The Hall–Kier alpha value is -3.81. The summed E-state index contributed by atoms with van der Waals surface area (Å²) in [6.07, 6.45) is 3.64. The SMILES string of the molecule is CC(C)CC1C(=O)NC(C2Cc3ccccc3C2)C(=O)N1C(C(=O)NC(C)(C)C)c1ccc(C2=NCC=N2)cc1. The van der Waals surface area contributed by atoms with Gasteiger partial charge in [-0.2, -0.15) is 0 Å². The van der Waals surface area contributed by atoms with Gasteiger partial charge in [-0.25, -0.2) is 4.99 Å². The van der Waals surface area contributed by atoms with Crippen LogP contribution in [0.5, 0.6) is 0 Å². The number of hydrogen-bond acceptors (Lipinski definition) is 5. The Morgan fingerprint density at radius 2 is 1.70 bits per heavy atom. The van der Waals surface area contributed by atoms with E-state index in [9.17, 15) is 14.4 Å². The lowest BCUT2D eigenvalue weighted by molar-refractivity contribution is -0.158. The first-order chi connectivity index (χ1) is 19.0. The van der Waals surface area contributed by atoms with Crippen LogP contribution in [0, 0.1) is 11.8 Å². The topological polar surface area (TPSA) is 103 Å². The fraction of sp³-hybridized carbons (Fsp3) is 0.469. The van der Waals surface area contributed by atoms with Gasteiger partial charge in [-0.05, 0) is 68.6 Å². The maximum Gasteiger partial charge on any atom is 0.247 e. The van der Waals surface area contributed by atoms with Crippen LogP contribution in [0.4, 0.5) is 0 Å². The number of amides is 3. The first-order valence-electron chi connectivity index (χ1n) is 14.2. The van der Waals surface area contributed by atoms with E-state index in [-0.39, 0.29) is 29.6 Å². The molecule has 1 aliphatic carbocycles. The minimum absolute atomic E-state index is 0.0664. The molecule has 0 aromatic heterocycles. The number of hydrogen-bond donors (Lipinski definition) is 2. The zero-order valence-electron chi connectivity index (χ0n) is 24.0. The molecule has 3 atom stereocenters. The summed E-state index contributed by atoms with van der Waals surface area (Å²) in [5.74, 6) is 0.0181. The van der Waals surface area contributed by atoms with Crippen LogP contribution < -0.4 is 10.6 Å². The Morgan fingerprint density at radius 3 is 2.25 bits per heavy atom. The third-order valence-corrected chi connectivity index (χ3v) is 7.75. The smallest absolute Gasteiger partial charge is 0.247 e. The van der Waals surface area contributed by atoms with Crippen molar-refractivity contribution in [3.63, 3.8) is 0 Å². The second-order valence-electron chi connectivity index (χ2n) is 12.6. The Labute approximate surface area is 236 Å². The Balaban J connectivity index is 1.54. The summed E-state index contributed by atoms with van der Waals surface area (Å²) in [5, 5.41) is 6.16. The molecule has 2 aromatic carbocycles. The third-order valence-electron chi connectivity index (χ3n) is 7.75. The molecule has 1 fully saturated rings. The Kier molecular flexibility index (Phi) is 7.62. The van der Waals surface area contributed by atoms with Gasteiger partial charge in [0.25, 0.3) is 0 Å². The van der Waals surface area contributed by atoms with Gasteiger partial charge in [0.05, 0.1) is 6.54 Å². The molecule has 210 valence electrons. The highest BCUT2D eigenvalue weighted by Crippen LogP contribution is 2.35. The quantitative estimate of drug-likeness (QED) is 0.560. The second-order valence-corrected chi connectivity index (χ2v) is 12.6. The number of aliphatic imine (C=N–C) groups is 2. The van der Waals surface area contributed by atoms with E-state index in [0.29, 0.717) is 37.2 Å². The molecular formula is C32H39N5O3. The number of nitrogens with one attached hydrogen (secondary N) is 2. The minimum Gasteiger partial charge on any atom is -0.349 e. The number of amidine groups is 1. The minimum atomic E-state index is -0.962. The van der Waals surface area contributed by atoms with Crippen molar-refractivity contribution >= 4 is 29.8 Å². The molecule has 2 heterocycles. The fourth-order valence-corrected chi connectivity index (χ4v) is 6.03. The van der Waals surface area contributed by atoms with E-state index < -0.39 is 23.7 Å². The maximum atomic E-state index is 14.5. The first kappa shape index (κ1) is 27.7. The van der Waals surface area contributed by atoms with Crippen molar-refractivity contribution < 1.29 is 14.4 Å². The summed E-state index contributed by atoms with van der Waals surface area (Å²) in [7, 11) is 0. The van der Waals surface area contributed by atoms with E-state index in [4.69, 9.17) is 0 Å². The molecule has 2 aliphatic heterocycles. The highest BCUT2D eigenvalue weighted by Gasteiger charge is 2.49. The van der Waals surface area contributed by atoms with Gasteiger partial charge in [-0.3, -0.25) is 19.4 Å². The standard InChI is InChI=1S/C32H39N5O3/c1-19(2)16-25-29(38)35-26(24-17-22-8-6-7-9-23(22)18-24)31(40)37(25)27(30(39)36-32(3,4)5)20-10-12-21(13-11-20)28-33-14-15-34-28/h6-14,19,24-27H,15-18H2,1-5H3,(H,35,38)(H,36,39). The highest BCUT2D eigenvalue weighted by molar-refractivity contribution is 6.06. The molecule has 8 nitrogen and oxygen atoms in total. The van der Waals surface area contributed by atoms with Crippen molar-refractivity contribution in [2.75, 3.05) is 6.54 Å². The summed E-state index contributed by atoms with van der Waals surface area (Å²) in [6, 6.07) is 13.2. The van der Waals surface area contributed by atoms with Gasteiger partial charge in [0, 0.05) is 17.3 Å². The zero-order chi connectivity index (χ0) is 28.6. The molecule has 3 aliphatic rings. The Morgan fingerprint density at radius 1 is 1.05 bits per heavy atom. The number of piperazine rings is 1. The van der Waals surface area contributed by atoms with Crippen LogP contribution in [0.2, 0.25) is 0 Å². The normalized spacial score (nSPS) is 21.9. The first-order valence-corrected chi connectivity index (χ1v) is 14.2.